The fourth-order valence-electron chi connectivity index (χ4n) is 12.2. The summed E-state index contributed by atoms with van der Waals surface area (Å²) < 4.78 is 97.0. The van der Waals surface area contributed by atoms with E-state index in [9.17, 15) is 47.9 Å². The maximum Gasteiger partial charge on any atom is 0.338 e. The van der Waals surface area contributed by atoms with Crippen LogP contribution in [0.1, 0.15) is 96.7 Å². The molecule has 25 nitrogen and oxygen atoms in total. The van der Waals surface area contributed by atoms with Crippen LogP contribution in [-0.4, -0.2) is 171 Å². The average Bonchev–Trinajstić information content (AvgIpc) is 0.770. The molecule has 0 aliphatic carbocycles. The van der Waals surface area contributed by atoms with Gasteiger partial charge in [-0.3, -0.25) is 9.59 Å². The Hall–Kier alpha value is -12.2. The highest BCUT2D eigenvalue weighted by Gasteiger charge is 2.60. The van der Waals surface area contributed by atoms with Gasteiger partial charge in [-0.1, -0.05) is 176 Å². The van der Waals surface area contributed by atoms with Crippen LogP contribution in [0.3, 0.4) is 0 Å². The molecule has 9 aromatic rings. The van der Waals surface area contributed by atoms with Crippen LogP contribution in [0, 0.1) is 0 Å². The van der Waals surface area contributed by atoms with Crippen molar-refractivity contribution in [1.82, 2.24) is 0 Å². The molecule has 0 amide bonds. The lowest BCUT2D eigenvalue weighted by Gasteiger charge is -2.49. The molecular formula is C84H72O25S. The monoisotopic (exact) mass is 1510 g/mol. The molecule has 3 aliphatic rings. The molecule has 12 rings (SSSR count). The Morgan fingerprint density at radius 3 is 0.845 bits per heavy atom. The van der Waals surface area contributed by atoms with Crippen molar-refractivity contribution < 1.29 is 119 Å². The first kappa shape index (κ1) is 77.4. The van der Waals surface area contributed by atoms with Crippen LogP contribution in [0.25, 0.3) is 0 Å². The van der Waals surface area contributed by atoms with Crippen LogP contribution in [0.4, 0.5) is 0 Å². The molecule has 3 fully saturated rings. The molecule has 3 heterocycles. The van der Waals surface area contributed by atoms with Gasteiger partial charge in [-0.05, 0) is 109 Å². The van der Waals surface area contributed by atoms with Crippen molar-refractivity contribution in [2.45, 2.75) is 110 Å². The van der Waals surface area contributed by atoms with E-state index in [1.54, 1.807) is 176 Å². The fourth-order valence-corrected chi connectivity index (χ4v) is 13.3. The Bertz CT molecular complexity index is 4590. The standard InChI is InChI=1S/C84H72O25S/c1-51(85)98-65-64(50-97-82-71(107-80(93)59-42-24-9-25-43-59)68(105-78(91)57-38-20-7-21-39-57)66(103-76(89)55-34-16-5-17-35-55)62(100-82)48-95-74(87)53-30-12-3-13-31-53)102-84(110-61-46-28-11-29-47-61)73(99-52(2)86)70(65)109-83-72(108-81(94)60-44-26-10-27-45-60)69(106-79(92)58-40-22-8-23-41-58)67(104-77(90)56-36-18-6-19-37-56)63(101-83)49-96-75(88)54-32-14-4-15-33-54/h3-47,62-73,82-84H,48-50H2,1-2H3/t62-,63-,64-,65-,66-,67-,68+,69+,70+,71-,72-,73-,82-,83+,84+/m1/s1. The molecule has 0 saturated carbocycles. The van der Waals surface area contributed by atoms with E-state index in [0.29, 0.717) is 4.90 Å². The number of benzene rings is 9. The van der Waals surface area contributed by atoms with Crippen molar-refractivity contribution in [2.75, 3.05) is 19.8 Å². The minimum Gasteiger partial charge on any atom is -0.459 e. The highest BCUT2D eigenvalue weighted by atomic mass is 32.2. The summed E-state index contributed by atoms with van der Waals surface area (Å²) in [6, 6.07) is 70.1. The Balaban J connectivity index is 0.990. The number of esters is 10. The van der Waals surface area contributed by atoms with Crippen LogP contribution in [0.2, 0.25) is 0 Å². The summed E-state index contributed by atoms with van der Waals surface area (Å²) in [5.74, 6) is -9.89. The summed E-state index contributed by atoms with van der Waals surface area (Å²) in [6.07, 6.45) is -26.6. The number of carbonyl (C=O) groups excluding carboxylic acids is 10. The van der Waals surface area contributed by atoms with Gasteiger partial charge in [0.15, 0.2) is 61.4 Å². The number of rotatable bonds is 27. The molecule has 0 bridgehead atoms. The minimum atomic E-state index is -2.16. The lowest BCUT2D eigenvalue weighted by atomic mass is 9.96. The quantitative estimate of drug-likeness (QED) is 0.0341. The van der Waals surface area contributed by atoms with Crippen LogP contribution in [0.5, 0.6) is 0 Å². The van der Waals surface area contributed by atoms with Crippen molar-refractivity contribution in [2.24, 2.45) is 0 Å². The molecule has 110 heavy (non-hydrogen) atoms. The van der Waals surface area contributed by atoms with Crippen LogP contribution in [-0.2, 0) is 80.6 Å². The van der Waals surface area contributed by atoms with Gasteiger partial charge in [-0.25, -0.2) is 38.4 Å². The summed E-state index contributed by atoms with van der Waals surface area (Å²) >= 11 is 0.979. The van der Waals surface area contributed by atoms with Gasteiger partial charge in [0.1, 0.15) is 43.1 Å². The van der Waals surface area contributed by atoms with E-state index in [-0.39, 0.29) is 44.5 Å². The predicted octanol–water partition coefficient (Wildman–Crippen LogP) is 11.3. The number of ether oxygens (including phenoxy) is 15. The van der Waals surface area contributed by atoms with Gasteiger partial charge in [0, 0.05) is 18.7 Å². The molecule has 0 spiro atoms. The van der Waals surface area contributed by atoms with E-state index < -0.39 is 171 Å². The molecular weight excluding hydrogens is 1440 g/mol. The molecule has 15 atom stereocenters. The molecule has 3 aliphatic heterocycles. The summed E-state index contributed by atoms with van der Waals surface area (Å²) in [5.41, 5.74) is -1.39. The number of thioether (sulfide) groups is 1. The molecule has 0 unspecified atom stereocenters. The maximum absolute atomic E-state index is 14.9. The molecule has 26 heteroatoms. The maximum atomic E-state index is 14.9. The smallest absolute Gasteiger partial charge is 0.338 e. The third kappa shape index (κ3) is 20.1. The lowest BCUT2D eigenvalue weighted by Crippen LogP contribution is -2.67. The molecule has 564 valence electrons. The topological polar surface area (TPSA) is 309 Å². The largest absolute Gasteiger partial charge is 0.459 e. The SMILES string of the molecule is CC(=O)O[C@@H]1[C@@H](O[C@@H]2O[C@H](COC(=O)c3ccccc3)[C@@H](OC(=O)c3ccccc3)[C@H](OC(=O)c3ccccc3)[C@H]2OC(=O)c2ccccc2)[C@H](OC(C)=O)[C@@H](CO[C@@H]2O[C@H](COC(=O)c3ccccc3)[C@@H](OC(=O)c3ccccc3)[C@H](OC(=O)c3ccccc3)[C@H]2OC(=O)c2ccccc2)O[C@H]1Sc1ccccc1. The highest BCUT2D eigenvalue weighted by Crippen LogP contribution is 2.42. The van der Waals surface area contributed by atoms with Gasteiger partial charge in [-0.15, -0.1) is 0 Å². The van der Waals surface area contributed by atoms with Crippen LogP contribution in [0.15, 0.2) is 278 Å². The third-order valence-electron chi connectivity index (χ3n) is 17.4. The van der Waals surface area contributed by atoms with Crippen molar-refractivity contribution in [3.8, 4) is 0 Å². The summed E-state index contributed by atoms with van der Waals surface area (Å²) in [4.78, 5) is 145. The van der Waals surface area contributed by atoms with E-state index in [1.807, 2.05) is 0 Å². The summed E-state index contributed by atoms with van der Waals surface area (Å²) in [5, 5.41) is 0. The second-order valence-electron chi connectivity index (χ2n) is 25.0. The van der Waals surface area contributed by atoms with E-state index in [0.717, 1.165) is 25.6 Å². The zero-order valence-corrected chi connectivity index (χ0v) is 59.7. The van der Waals surface area contributed by atoms with Crippen LogP contribution >= 0.6 is 11.8 Å². The van der Waals surface area contributed by atoms with E-state index in [1.165, 1.54) is 97.1 Å². The van der Waals surface area contributed by atoms with E-state index >= 15 is 0 Å². The number of hydrogen-bond donors (Lipinski definition) is 0. The zero-order valence-electron chi connectivity index (χ0n) is 58.9. The van der Waals surface area contributed by atoms with Gasteiger partial charge < -0.3 is 71.1 Å². The van der Waals surface area contributed by atoms with Crippen LogP contribution < -0.4 is 0 Å². The van der Waals surface area contributed by atoms with Gasteiger partial charge in [0.25, 0.3) is 0 Å². The third-order valence-corrected chi connectivity index (χ3v) is 18.5. The average molecular weight is 1510 g/mol. The molecule has 0 radical (unpaired) electrons. The molecule has 0 aromatic heterocycles. The summed E-state index contributed by atoms with van der Waals surface area (Å²) in [7, 11) is 0. The van der Waals surface area contributed by atoms with Gasteiger partial charge in [0.05, 0.1) is 51.1 Å². The van der Waals surface area contributed by atoms with E-state index in [2.05, 4.69) is 0 Å². The predicted molar refractivity (Wildman–Crippen MR) is 388 cm³/mol. The molecule has 9 aromatic carbocycles. The summed E-state index contributed by atoms with van der Waals surface area (Å²) in [6.45, 7) is -0.305. The van der Waals surface area contributed by atoms with Crippen molar-refractivity contribution >= 4 is 71.5 Å². The first-order valence-corrected chi connectivity index (χ1v) is 35.7. The van der Waals surface area contributed by atoms with Gasteiger partial charge in [0.2, 0.25) is 0 Å². The number of carbonyl (C=O) groups is 10. The number of hydrogen-bond acceptors (Lipinski definition) is 26. The Morgan fingerprint density at radius 2 is 0.518 bits per heavy atom. The Morgan fingerprint density at radius 1 is 0.264 bits per heavy atom. The van der Waals surface area contributed by atoms with Crippen molar-refractivity contribution in [3.63, 3.8) is 0 Å². The normalized spacial score (nSPS) is 23.4. The first-order chi connectivity index (χ1) is 53.5. The Kier molecular flexibility index (Phi) is 26.5. The molecule has 0 N–H and O–H groups in total. The Labute approximate surface area is 634 Å². The van der Waals surface area contributed by atoms with Crippen molar-refractivity contribution in [3.05, 3.63) is 317 Å². The van der Waals surface area contributed by atoms with E-state index in [4.69, 9.17) is 71.1 Å². The van der Waals surface area contributed by atoms with Gasteiger partial charge >= 0.3 is 59.7 Å². The lowest BCUT2D eigenvalue weighted by molar-refractivity contribution is -0.341. The molecule has 3 saturated heterocycles. The van der Waals surface area contributed by atoms with Gasteiger partial charge in [-0.2, -0.15) is 0 Å². The van der Waals surface area contributed by atoms with Crippen molar-refractivity contribution in [1.29, 1.82) is 0 Å². The zero-order chi connectivity index (χ0) is 76.9. The first-order valence-electron chi connectivity index (χ1n) is 34.8. The highest BCUT2D eigenvalue weighted by molar-refractivity contribution is 7.99. The fraction of sp³-hybridized carbons (Fsp3) is 0.238. The minimum absolute atomic E-state index is 0.000843. The second-order valence-corrected chi connectivity index (χ2v) is 26.2. The second kappa shape index (κ2) is 37.6.